The summed E-state index contributed by atoms with van der Waals surface area (Å²) in [4.78, 5) is 31.0. The maximum Gasteiger partial charge on any atom is 0.266 e. The van der Waals surface area contributed by atoms with Crippen LogP contribution in [0.5, 0.6) is 0 Å². The zero-order valence-electron chi connectivity index (χ0n) is 21.2. The average molecular weight is 500 g/mol. The molecule has 0 fully saturated rings. The van der Waals surface area contributed by atoms with E-state index in [1.807, 2.05) is 19.9 Å². The lowest BCUT2D eigenvalue weighted by Crippen LogP contribution is -2.22. The van der Waals surface area contributed by atoms with Gasteiger partial charge in [0.05, 0.1) is 46.4 Å². The number of aromatic nitrogens is 7. The zero-order chi connectivity index (χ0) is 26.5. The van der Waals surface area contributed by atoms with Gasteiger partial charge in [0.15, 0.2) is 5.82 Å². The SMILES string of the molecule is Cc1cnc(Cn2ncc3c(=O)n(-c4cc(-c5ccnc(C(C)(C)O)n5)ncc4C)c(C)cc32)c(F)c1. The normalized spacial score (nSPS) is 11.9. The van der Waals surface area contributed by atoms with E-state index in [1.165, 1.54) is 12.3 Å². The molecule has 5 aromatic heterocycles. The number of aryl methyl sites for hydroxylation is 3. The van der Waals surface area contributed by atoms with Crippen molar-refractivity contribution >= 4 is 10.9 Å². The van der Waals surface area contributed by atoms with E-state index < -0.39 is 11.4 Å². The van der Waals surface area contributed by atoms with E-state index in [0.717, 1.165) is 11.1 Å². The van der Waals surface area contributed by atoms with Gasteiger partial charge >= 0.3 is 0 Å². The zero-order valence-corrected chi connectivity index (χ0v) is 21.2. The Hall–Kier alpha value is -4.31. The van der Waals surface area contributed by atoms with Gasteiger partial charge in [-0.15, -0.1) is 0 Å². The summed E-state index contributed by atoms with van der Waals surface area (Å²) in [5.74, 6) is -0.137. The molecular weight excluding hydrogens is 473 g/mol. The van der Waals surface area contributed by atoms with Crippen LogP contribution in [-0.2, 0) is 12.1 Å². The van der Waals surface area contributed by atoms with Crippen LogP contribution < -0.4 is 5.56 Å². The van der Waals surface area contributed by atoms with Crippen molar-refractivity contribution in [3.63, 3.8) is 0 Å². The quantitative estimate of drug-likeness (QED) is 0.392. The van der Waals surface area contributed by atoms with Crippen molar-refractivity contribution in [2.75, 3.05) is 0 Å². The molecule has 0 amide bonds. The molecule has 188 valence electrons. The first-order valence-corrected chi connectivity index (χ1v) is 11.8. The molecular formula is C27H26FN7O2. The molecule has 37 heavy (non-hydrogen) atoms. The first-order valence-electron chi connectivity index (χ1n) is 11.8. The van der Waals surface area contributed by atoms with E-state index in [1.54, 1.807) is 60.7 Å². The van der Waals surface area contributed by atoms with Gasteiger partial charge in [-0.25, -0.2) is 14.4 Å². The molecule has 5 rings (SSSR count). The van der Waals surface area contributed by atoms with Crippen molar-refractivity contribution in [3.05, 3.63) is 93.6 Å². The Morgan fingerprint density at radius 2 is 1.78 bits per heavy atom. The summed E-state index contributed by atoms with van der Waals surface area (Å²) >= 11 is 0. The van der Waals surface area contributed by atoms with E-state index in [4.69, 9.17) is 0 Å². The van der Waals surface area contributed by atoms with Gasteiger partial charge in [0.2, 0.25) is 0 Å². The highest BCUT2D eigenvalue weighted by Gasteiger charge is 2.21. The summed E-state index contributed by atoms with van der Waals surface area (Å²) in [6, 6.07) is 6.78. The van der Waals surface area contributed by atoms with Crippen molar-refractivity contribution in [2.24, 2.45) is 0 Å². The average Bonchev–Trinajstić information content (AvgIpc) is 3.24. The van der Waals surface area contributed by atoms with Crippen molar-refractivity contribution in [1.82, 2.24) is 34.3 Å². The standard InChI is InChI=1S/C27H26FN7O2/c1-15-8-19(28)22(30-11-15)14-34-24-9-17(3)35(25(36)18(24)13-32-34)23-10-21(31-12-16(23)2)20-6-7-29-26(33-20)27(4,5)37/h6-13,37H,14H2,1-5H3. The van der Waals surface area contributed by atoms with E-state index >= 15 is 0 Å². The third-order valence-electron chi connectivity index (χ3n) is 6.15. The van der Waals surface area contributed by atoms with Gasteiger partial charge in [0.1, 0.15) is 11.4 Å². The van der Waals surface area contributed by atoms with Gasteiger partial charge in [0, 0.05) is 24.3 Å². The fourth-order valence-corrected chi connectivity index (χ4v) is 4.19. The fourth-order valence-electron chi connectivity index (χ4n) is 4.19. The minimum absolute atomic E-state index is 0.105. The molecule has 0 saturated carbocycles. The summed E-state index contributed by atoms with van der Waals surface area (Å²) < 4.78 is 17.6. The summed E-state index contributed by atoms with van der Waals surface area (Å²) in [5.41, 5.74) is 3.31. The highest BCUT2D eigenvalue weighted by Crippen LogP contribution is 2.24. The summed E-state index contributed by atoms with van der Waals surface area (Å²) in [5, 5.41) is 15.1. The van der Waals surface area contributed by atoms with Crippen LogP contribution in [0.4, 0.5) is 4.39 Å². The Balaban J connectivity index is 1.60. The molecule has 0 saturated heterocycles. The molecule has 0 unspecified atom stereocenters. The van der Waals surface area contributed by atoms with Crippen LogP contribution in [0.2, 0.25) is 0 Å². The third-order valence-corrected chi connectivity index (χ3v) is 6.15. The van der Waals surface area contributed by atoms with Gasteiger partial charge in [0.25, 0.3) is 5.56 Å². The number of hydrogen-bond acceptors (Lipinski definition) is 7. The monoisotopic (exact) mass is 499 g/mol. The summed E-state index contributed by atoms with van der Waals surface area (Å²) in [7, 11) is 0. The Labute approximate surface area is 212 Å². The molecule has 5 heterocycles. The lowest BCUT2D eigenvalue weighted by molar-refractivity contribution is 0.0688. The van der Waals surface area contributed by atoms with Gasteiger partial charge in [-0.1, -0.05) is 0 Å². The van der Waals surface area contributed by atoms with Gasteiger partial charge < -0.3 is 5.11 Å². The lowest BCUT2D eigenvalue weighted by atomic mass is 10.1. The summed E-state index contributed by atoms with van der Waals surface area (Å²) in [6.45, 7) is 8.81. The van der Waals surface area contributed by atoms with Crippen LogP contribution in [0.3, 0.4) is 0 Å². The molecule has 0 aromatic carbocycles. The molecule has 0 spiro atoms. The third kappa shape index (κ3) is 4.51. The lowest BCUT2D eigenvalue weighted by Gasteiger charge is -2.17. The van der Waals surface area contributed by atoms with Crippen LogP contribution >= 0.6 is 0 Å². The first kappa shape index (κ1) is 24.4. The highest BCUT2D eigenvalue weighted by atomic mass is 19.1. The van der Waals surface area contributed by atoms with Crippen LogP contribution in [0.15, 0.2) is 53.8 Å². The van der Waals surface area contributed by atoms with E-state index in [0.29, 0.717) is 33.7 Å². The topological polar surface area (TPSA) is 112 Å². The summed E-state index contributed by atoms with van der Waals surface area (Å²) in [6.07, 6.45) is 6.35. The Kier molecular flexibility index (Phi) is 5.91. The van der Waals surface area contributed by atoms with Crippen LogP contribution in [0, 0.1) is 26.6 Å². The second-order valence-electron chi connectivity index (χ2n) is 9.65. The second kappa shape index (κ2) is 8.97. The molecule has 0 bridgehead atoms. The van der Waals surface area contributed by atoms with Crippen LogP contribution in [0.25, 0.3) is 28.0 Å². The minimum atomic E-state index is -1.21. The molecule has 0 aliphatic rings. The van der Waals surface area contributed by atoms with Crippen molar-refractivity contribution in [1.29, 1.82) is 0 Å². The van der Waals surface area contributed by atoms with Crippen LogP contribution in [-0.4, -0.2) is 39.4 Å². The molecule has 5 aromatic rings. The first-order chi connectivity index (χ1) is 17.5. The van der Waals surface area contributed by atoms with Crippen LogP contribution in [0.1, 0.15) is 42.2 Å². The van der Waals surface area contributed by atoms with Gasteiger partial charge in [-0.3, -0.25) is 24.0 Å². The number of fused-ring (bicyclic) bond motifs is 1. The number of rotatable bonds is 5. The minimum Gasteiger partial charge on any atom is -0.382 e. The number of nitrogens with zero attached hydrogens (tertiary/aromatic N) is 7. The predicted octanol–water partition coefficient (Wildman–Crippen LogP) is 3.77. The van der Waals surface area contributed by atoms with Gasteiger partial charge in [-0.2, -0.15) is 5.10 Å². The number of hydrogen-bond donors (Lipinski definition) is 1. The fraction of sp³-hybridized carbons (Fsp3) is 0.259. The number of halogens is 1. The highest BCUT2D eigenvalue weighted by molar-refractivity contribution is 5.79. The van der Waals surface area contributed by atoms with Crippen molar-refractivity contribution in [2.45, 2.75) is 46.8 Å². The molecule has 10 heteroatoms. The maximum atomic E-state index is 14.4. The second-order valence-corrected chi connectivity index (χ2v) is 9.65. The van der Waals surface area contributed by atoms with Gasteiger partial charge in [-0.05, 0) is 70.0 Å². The van der Waals surface area contributed by atoms with E-state index in [9.17, 15) is 14.3 Å². The van der Waals surface area contributed by atoms with Crippen molar-refractivity contribution < 1.29 is 9.50 Å². The Bertz CT molecular complexity index is 1720. The predicted molar refractivity (Wildman–Crippen MR) is 137 cm³/mol. The Morgan fingerprint density at radius 3 is 2.51 bits per heavy atom. The maximum absolute atomic E-state index is 14.4. The van der Waals surface area contributed by atoms with E-state index in [2.05, 4.69) is 25.0 Å². The molecule has 0 aliphatic carbocycles. The number of pyridine rings is 3. The van der Waals surface area contributed by atoms with Crippen molar-refractivity contribution in [3.8, 4) is 17.1 Å². The molecule has 9 nitrogen and oxygen atoms in total. The molecule has 0 atom stereocenters. The molecule has 0 aliphatic heterocycles. The largest absolute Gasteiger partial charge is 0.382 e. The molecule has 1 N–H and O–H groups in total. The van der Waals surface area contributed by atoms with E-state index in [-0.39, 0.29) is 23.6 Å². The molecule has 0 radical (unpaired) electrons. The smallest absolute Gasteiger partial charge is 0.266 e. The Morgan fingerprint density at radius 1 is 1.00 bits per heavy atom. The number of aliphatic hydroxyl groups is 1.